The lowest BCUT2D eigenvalue weighted by Gasteiger charge is -2.41. The predicted octanol–water partition coefficient (Wildman–Crippen LogP) is 9.66. The highest BCUT2D eigenvalue weighted by Gasteiger charge is 2.34. The minimum atomic E-state index is -0.209. The van der Waals surface area contributed by atoms with Gasteiger partial charge in [0.1, 0.15) is 12.4 Å². The topological polar surface area (TPSA) is 61.3 Å². The third-order valence-corrected chi connectivity index (χ3v) is 11.9. The third kappa shape index (κ3) is 8.12. The van der Waals surface area contributed by atoms with E-state index in [0.29, 0.717) is 46.4 Å². The number of hydrogen-bond donors (Lipinski definition) is 0. The van der Waals surface area contributed by atoms with E-state index in [1.165, 1.54) is 11.1 Å². The van der Waals surface area contributed by atoms with Crippen molar-refractivity contribution in [1.82, 2.24) is 19.3 Å². The number of ether oxygens (including phenoxy) is 1. The van der Waals surface area contributed by atoms with Gasteiger partial charge >= 0.3 is 0 Å². The molecular weight excluding hydrogens is 754 g/mol. The Hall–Kier alpha value is -6.19. The number of aromatic nitrogens is 1. The van der Waals surface area contributed by atoms with Crippen LogP contribution in [0.3, 0.4) is 0 Å². The van der Waals surface area contributed by atoms with E-state index in [4.69, 9.17) is 16.3 Å². The summed E-state index contributed by atoms with van der Waals surface area (Å²) in [6.45, 7) is 5.73. The number of benzene rings is 6. The Kier molecular flexibility index (Phi) is 11.0. The Labute approximate surface area is 350 Å². The Morgan fingerprint density at radius 2 is 1.37 bits per heavy atom. The summed E-state index contributed by atoms with van der Waals surface area (Å²) in [5.74, 6) is 0.436. The second-order valence-corrected chi connectivity index (χ2v) is 15.9. The smallest absolute Gasteiger partial charge is 0.265 e. The molecule has 1 aromatic heterocycles. The standard InChI is InChI=1S/C50H46ClN5O3/c1-52-26-28-53(29-27-52)33-42-30-37-14-8-9-15-38(37)32-54(42)49(57)45-25-20-39(51)31-48(45)55-34-46(44-18-10-11-19-47(44)55)50(58)56(40-16-6-3-7-17-40)41-21-23-43(24-22-41)59-35-36-12-4-2-5-13-36/h2-25,31,34,42H,26-30,32-33,35H2,1H3/t42-/m0/s1. The number of nitrogens with zero attached hydrogens (tertiary/aromatic N) is 5. The highest BCUT2D eigenvalue weighted by Crippen LogP contribution is 2.35. The summed E-state index contributed by atoms with van der Waals surface area (Å²) in [4.78, 5) is 38.8. The molecule has 8 nitrogen and oxygen atoms in total. The Bertz CT molecular complexity index is 2590. The molecule has 0 radical (unpaired) electrons. The first-order valence-electron chi connectivity index (χ1n) is 20.2. The van der Waals surface area contributed by atoms with Gasteiger partial charge in [-0.3, -0.25) is 19.4 Å². The number of amides is 2. The fourth-order valence-corrected chi connectivity index (χ4v) is 8.59. The number of likely N-dealkylation sites (N-methyl/N-ethyl adjacent to an activating group) is 1. The zero-order valence-electron chi connectivity index (χ0n) is 33.1. The van der Waals surface area contributed by atoms with E-state index < -0.39 is 0 Å². The first kappa shape index (κ1) is 38.3. The summed E-state index contributed by atoms with van der Waals surface area (Å²) in [7, 11) is 2.16. The van der Waals surface area contributed by atoms with Gasteiger partial charge < -0.3 is 19.1 Å². The molecule has 0 saturated carbocycles. The lowest BCUT2D eigenvalue weighted by atomic mass is 9.92. The highest BCUT2D eigenvalue weighted by molar-refractivity contribution is 6.31. The second-order valence-electron chi connectivity index (χ2n) is 15.5. The molecule has 1 atom stereocenters. The number of anilines is 2. The average molecular weight is 800 g/mol. The van der Waals surface area contributed by atoms with Crippen LogP contribution in [-0.2, 0) is 19.6 Å². The maximum absolute atomic E-state index is 15.1. The Morgan fingerprint density at radius 3 is 2.14 bits per heavy atom. The summed E-state index contributed by atoms with van der Waals surface area (Å²) in [5, 5.41) is 1.26. The van der Waals surface area contributed by atoms with Gasteiger partial charge in [-0.2, -0.15) is 0 Å². The van der Waals surface area contributed by atoms with Crippen LogP contribution < -0.4 is 9.64 Å². The molecule has 2 aliphatic rings. The molecule has 7 aromatic rings. The molecule has 2 amide bonds. The molecule has 0 spiro atoms. The highest BCUT2D eigenvalue weighted by atomic mass is 35.5. The molecule has 6 aromatic carbocycles. The summed E-state index contributed by atoms with van der Waals surface area (Å²) in [5.41, 5.74) is 7.40. The molecule has 3 heterocycles. The quantitative estimate of drug-likeness (QED) is 0.138. The van der Waals surface area contributed by atoms with Crippen molar-refractivity contribution in [2.75, 3.05) is 44.7 Å². The molecule has 0 bridgehead atoms. The number of halogens is 1. The fraction of sp³-hybridized carbons (Fsp3) is 0.200. The van der Waals surface area contributed by atoms with Crippen molar-refractivity contribution < 1.29 is 14.3 Å². The van der Waals surface area contributed by atoms with Crippen LogP contribution in [0, 0.1) is 0 Å². The molecule has 1 saturated heterocycles. The SMILES string of the molecule is CN1CCN(C[C@@H]2Cc3ccccc3CN2C(=O)c2ccc(Cl)cc2-n2cc(C(=O)N(c3ccccc3)c3ccc(OCc4ccccc4)cc3)c3ccccc32)CC1. The van der Waals surface area contributed by atoms with Crippen molar-refractivity contribution in [2.45, 2.75) is 25.6 Å². The van der Waals surface area contributed by atoms with Crippen LogP contribution >= 0.6 is 11.6 Å². The molecule has 2 aliphatic heterocycles. The fourth-order valence-electron chi connectivity index (χ4n) is 8.42. The molecule has 59 heavy (non-hydrogen) atoms. The molecule has 0 unspecified atom stereocenters. The zero-order chi connectivity index (χ0) is 40.3. The van der Waals surface area contributed by atoms with E-state index in [1.54, 1.807) is 11.0 Å². The minimum absolute atomic E-state index is 0.00237. The largest absolute Gasteiger partial charge is 0.489 e. The van der Waals surface area contributed by atoms with Crippen molar-refractivity contribution in [2.24, 2.45) is 0 Å². The van der Waals surface area contributed by atoms with E-state index in [0.717, 1.165) is 61.3 Å². The van der Waals surface area contributed by atoms with E-state index in [9.17, 15) is 0 Å². The van der Waals surface area contributed by atoms with Crippen LogP contribution in [0.15, 0.2) is 158 Å². The average Bonchev–Trinajstić information content (AvgIpc) is 3.67. The van der Waals surface area contributed by atoms with Gasteiger partial charge in [0, 0.05) is 73.3 Å². The maximum Gasteiger partial charge on any atom is 0.265 e. The normalized spacial score (nSPS) is 15.8. The number of fused-ring (bicyclic) bond motifs is 2. The van der Waals surface area contributed by atoms with Crippen molar-refractivity contribution in [3.8, 4) is 11.4 Å². The lowest BCUT2D eigenvalue weighted by molar-refractivity contribution is 0.0536. The molecular formula is C50H46ClN5O3. The lowest BCUT2D eigenvalue weighted by Crippen LogP contribution is -2.53. The molecule has 0 aliphatic carbocycles. The Morgan fingerprint density at radius 1 is 0.712 bits per heavy atom. The van der Waals surface area contributed by atoms with Gasteiger partial charge in [0.05, 0.1) is 22.3 Å². The molecule has 0 N–H and O–H groups in total. The Balaban J connectivity index is 1.08. The first-order chi connectivity index (χ1) is 28.9. The number of hydrogen-bond acceptors (Lipinski definition) is 5. The van der Waals surface area contributed by atoms with Gasteiger partial charge in [-0.1, -0.05) is 103 Å². The van der Waals surface area contributed by atoms with Crippen LogP contribution in [0.2, 0.25) is 5.02 Å². The van der Waals surface area contributed by atoms with Crippen molar-refractivity contribution in [1.29, 1.82) is 0 Å². The van der Waals surface area contributed by atoms with Crippen LogP contribution in [-0.4, -0.2) is 76.9 Å². The summed E-state index contributed by atoms with van der Waals surface area (Å²) < 4.78 is 8.04. The number of rotatable bonds is 10. The van der Waals surface area contributed by atoms with E-state index >= 15 is 9.59 Å². The van der Waals surface area contributed by atoms with Crippen molar-refractivity contribution >= 4 is 45.7 Å². The summed E-state index contributed by atoms with van der Waals surface area (Å²) in [6, 6.07) is 49.0. The molecule has 9 rings (SSSR count). The van der Waals surface area contributed by atoms with E-state index in [2.05, 4.69) is 39.9 Å². The van der Waals surface area contributed by atoms with Gasteiger partial charge in [0.2, 0.25) is 0 Å². The van der Waals surface area contributed by atoms with E-state index in [-0.39, 0.29) is 17.9 Å². The maximum atomic E-state index is 15.1. The summed E-state index contributed by atoms with van der Waals surface area (Å²) >= 11 is 6.76. The van der Waals surface area contributed by atoms with Gasteiger partial charge in [-0.05, 0) is 90.8 Å². The van der Waals surface area contributed by atoms with Crippen LogP contribution in [0.5, 0.6) is 5.75 Å². The molecule has 9 heteroatoms. The van der Waals surface area contributed by atoms with Gasteiger partial charge in [0.15, 0.2) is 0 Å². The van der Waals surface area contributed by atoms with Crippen molar-refractivity contribution in [3.05, 3.63) is 191 Å². The van der Waals surface area contributed by atoms with Gasteiger partial charge in [-0.15, -0.1) is 0 Å². The first-order valence-corrected chi connectivity index (χ1v) is 20.6. The van der Waals surface area contributed by atoms with Crippen LogP contribution in [0.1, 0.15) is 37.4 Å². The van der Waals surface area contributed by atoms with E-state index in [1.807, 2.05) is 138 Å². The summed E-state index contributed by atoms with van der Waals surface area (Å²) in [6.07, 6.45) is 2.65. The third-order valence-electron chi connectivity index (χ3n) is 11.6. The monoisotopic (exact) mass is 799 g/mol. The zero-order valence-corrected chi connectivity index (χ0v) is 33.8. The number of para-hydroxylation sites is 2. The molecule has 1 fully saturated rings. The van der Waals surface area contributed by atoms with Crippen molar-refractivity contribution in [3.63, 3.8) is 0 Å². The number of piperazine rings is 1. The van der Waals surface area contributed by atoms with Crippen LogP contribution in [0.25, 0.3) is 16.6 Å². The van der Waals surface area contributed by atoms with Gasteiger partial charge in [-0.25, -0.2) is 0 Å². The number of carbonyl (C=O) groups is 2. The number of carbonyl (C=O) groups excluding carboxylic acids is 2. The molecule has 296 valence electrons. The van der Waals surface area contributed by atoms with Gasteiger partial charge in [0.25, 0.3) is 11.8 Å². The minimum Gasteiger partial charge on any atom is -0.489 e. The second kappa shape index (κ2) is 17.0. The predicted molar refractivity (Wildman–Crippen MR) is 236 cm³/mol. The van der Waals surface area contributed by atoms with Crippen LogP contribution in [0.4, 0.5) is 11.4 Å².